The van der Waals surface area contributed by atoms with Crippen molar-refractivity contribution in [2.24, 2.45) is 7.05 Å². The summed E-state index contributed by atoms with van der Waals surface area (Å²) in [5, 5.41) is 9.28. The Morgan fingerprint density at radius 1 is 1.04 bits per heavy atom. The van der Waals surface area contributed by atoms with Crippen LogP contribution in [0.5, 0.6) is 11.5 Å². The van der Waals surface area contributed by atoms with E-state index in [9.17, 15) is 4.39 Å². The summed E-state index contributed by atoms with van der Waals surface area (Å²) in [7, 11) is 3.54. The van der Waals surface area contributed by atoms with Crippen LogP contribution in [0.3, 0.4) is 0 Å². The molecule has 1 unspecified atom stereocenters. The summed E-state index contributed by atoms with van der Waals surface area (Å²) in [6, 6.07) is 13.9. The van der Waals surface area contributed by atoms with E-state index >= 15 is 0 Å². The molecule has 0 saturated carbocycles. The smallest absolute Gasteiger partial charge is 0.191 e. The molecule has 0 saturated heterocycles. The van der Waals surface area contributed by atoms with Gasteiger partial charge in [-0.05, 0) is 48.9 Å². The van der Waals surface area contributed by atoms with E-state index in [0.29, 0.717) is 5.75 Å². The number of halogens is 1. The molecule has 0 spiro atoms. The fourth-order valence-corrected chi connectivity index (χ4v) is 3.32. The lowest BCUT2D eigenvalue weighted by molar-refractivity contribution is 0.211. The fourth-order valence-electron chi connectivity index (χ4n) is 2.45. The first-order valence-electron chi connectivity index (χ1n) is 8.14. The highest BCUT2D eigenvalue weighted by Gasteiger charge is 2.17. The van der Waals surface area contributed by atoms with Crippen LogP contribution in [-0.2, 0) is 12.8 Å². The molecule has 3 aromatic rings. The van der Waals surface area contributed by atoms with Crippen molar-refractivity contribution >= 4 is 11.8 Å². The summed E-state index contributed by atoms with van der Waals surface area (Å²) >= 11 is 1.55. The van der Waals surface area contributed by atoms with Gasteiger partial charge in [-0.15, -0.1) is 10.2 Å². The molecule has 0 N–H and O–H groups in total. The van der Waals surface area contributed by atoms with Gasteiger partial charge in [-0.25, -0.2) is 4.39 Å². The molecule has 2 aromatic carbocycles. The van der Waals surface area contributed by atoms with Crippen LogP contribution in [0.25, 0.3) is 0 Å². The van der Waals surface area contributed by atoms with Gasteiger partial charge in [0.25, 0.3) is 0 Å². The van der Waals surface area contributed by atoms with Gasteiger partial charge < -0.3 is 14.0 Å². The Morgan fingerprint density at radius 2 is 1.69 bits per heavy atom. The summed E-state index contributed by atoms with van der Waals surface area (Å²) in [6.07, 6.45) is -0.249. The Morgan fingerprint density at radius 3 is 2.35 bits per heavy atom. The maximum atomic E-state index is 13.0. The van der Waals surface area contributed by atoms with E-state index in [1.807, 2.05) is 42.8 Å². The van der Waals surface area contributed by atoms with Gasteiger partial charge in [0.2, 0.25) is 0 Å². The molecule has 1 aromatic heterocycles. The van der Waals surface area contributed by atoms with E-state index < -0.39 is 0 Å². The van der Waals surface area contributed by atoms with Crippen LogP contribution in [0.4, 0.5) is 4.39 Å². The van der Waals surface area contributed by atoms with Crippen LogP contribution < -0.4 is 9.47 Å². The largest absolute Gasteiger partial charge is 0.497 e. The maximum Gasteiger partial charge on any atom is 0.191 e. The van der Waals surface area contributed by atoms with Gasteiger partial charge in [-0.3, -0.25) is 0 Å². The first-order chi connectivity index (χ1) is 12.6. The van der Waals surface area contributed by atoms with Crippen molar-refractivity contribution in [2.45, 2.75) is 23.9 Å². The molecule has 136 valence electrons. The first kappa shape index (κ1) is 18.3. The normalized spacial score (nSPS) is 12.0. The molecule has 0 amide bonds. The molecule has 3 rings (SSSR count). The number of benzene rings is 2. The molecular formula is C19H20FN3O2S. The van der Waals surface area contributed by atoms with E-state index in [2.05, 4.69) is 10.2 Å². The second kappa shape index (κ2) is 8.23. The number of aromatic nitrogens is 3. The van der Waals surface area contributed by atoms with Crippen molar-refractivity contribution in [3.8, 4) is 11.5 Å². The summed E-state index contributed by atoms with van der Waals surface area (Å²) in [5.41, 5.74) is 1.03. The molecule has 0 aliphatic carbocycles. The fraction of sp³-hybridized carbons (Fsp3) is 0.263. The Hall–Kier alpha value is -2.54. The van der Waals surface area contributed by atoms with Crippen molar-refractivity contribution in [1.29, 1.82) is 0 Å². The predicted octanol–water partition coefficient (Wildman–Crippen LogP) is 4.40. The highest BCUT2D eigenvalue weighted by atomic mass is 32.2. The summed E-state index contributed by atoms with van der Waals surface area (Å²) in [6.45, 7) is 1.93. The van der Waals surface area contributed by atoms with Crippen LogP contribution in [0.15, 0.2) is 53.7 Å². The Balaban J connectivity index is 1.64. The molecule has 7 heteroatoms. The van der Waals surface area contributed by atoms with Crippen LogP contribution in [0.1, 0.15) is 24.4 Å². The van der Waals surface area contributed by atoms with Gasteiger partial charge in [0.1, 0.15) is 17.3 Å². The van der Waals surface area contributed by atoms with E-state index in [-0.39, 0.29) is 11.9 Å². The van der Waals surface area contributed by atoms with Gasteiger partial charge in [0, 0.05) is 12.8 Å². The first-order valence-corrected chi connectivity index (χ1v) is 9.12. The molecule has 5 nitrogen and oxygen atoms in total. The zero-order valence-electron chi connectivity index (χ0n) is 14.8. The average molecular weight is 373 g/mol. The van der Waals surface area contributed by atoms with E-state index in [1.54, 1.807) is 31.0 Å². The van der Waals surface area contributed by atoms with Gasteiger partial charge >= 0.3 is 0 Å². The quantitative estimate of drug-likeness (QED) is 0.575. The number of methoxy groups -OCH3 is 1. The lowest BCUT2D eigenvalue weighted by Gasteiger charge is -2.14. The van der Waals surface area contributed by atoms with Crippen LogP contribution >= 0.6 is 11.8 Å². The van der Waals surface area contributed by atoms with Crippen LogP contribution in [0, 0.1) is 5.82 Å². The van der Waals surface area contributed by atoms with Crippen molar-refractivity contribution in [3.63, 3.8) is 0 Å². The van der Waals surface area contributed by atoms with Crippen molar-refractivity contribution < 1.29 is 13.9 Å². The number of hydrogen-bond donors (Lipinski definition) is 0. The van der Waals surface area contributed by atoms with Crippen LogP contribution in [0.2, 0.25) is 0 Å². The highest BCUT2D eigenvalue weighted by Crippen LogP contribution is 2.26. The number of rotatable bonds is 7. The van der Waals surface area contributed by atoms with Crippen molar-refractivity contribution in [1.82, 2.24) is 14.8 Å². The third kappa shape index (κ3) is 4.35. The predicted molar refractivity (Wildman–Crippen MR) is 99.0 cm³/mol. The van der Waals surface area contributed by atoms with Gasteiger partial charge in [-0.1, -0.05) is 23.9 Å². The number of thioether (sulfide) groups is 1. The molecule has 1 atom stereocenters. The Kier molecular flexibility index (Phi) is 5.78. The number of nitrogens with zero attached hydrogens (tertiary/aromatic N) is 3. The van der Waals surface area contributed by atoms with E-state index in [0.717, 1.165) is 28.0 Å². The zero-order chi connectivity index (χ0) is 18.5. The summed E-state index contributed by atoms with van der Waals surface area (Å²) in [5.74, 6) is 2.72. The third-order valence-corrected chi connectivity index (χ3v) is 4.98. The lowest BCUT2D eigenvalue weighted by atomic mass is 10.2. The summed E-state index contributed by atoms with van der Waals surface area (Å²) < 4.78 is 26.0. The van der Waals surface area contributed by atoms with Crippen molar-refractivity contribution in [2.75, 3.05) is 7.11 Å². The number of ether oxygens (including phenoxy) is 2. The molecule has 0 radical (unpaired) electrons. The lowest BCUT2D eigenvalue weighted by Crippen LogP contribution is -2.10. The zero-order valence-corrected chi connectivity index (χ0v) is 15.7. The van der Waals surface area contributed by atoms with Gasteiger partial charge in [0.15, 0.2) is 17.1 Å². The van der Waals surface area contributed by atoms with E-state index in [1.165, 1.54) is 12.1 Å². The van der Waals surface area contributed by atoms with Crippen LogP contribution in [-0.4, -0.2) is 21.9 Å². The minimum absolute atomic E-state index is 0.232. The van der Waals surface area contributed by atoms with Gasteiger partial charge in [0.05, 0.1) is 7.11 Å². The summed E-state index contributed by atoms with van der Waals surface area (Å²) in [4.78, 5) is 0. The standard InChI is InChI=1S/C19H20FN3O2S/c1-13(25-17-10-8-16(24-3)9-11-17)18-21-22-19(23(18)2)26-12-14-4-6-15(20)7-5-14/h4-11,13H,12H2,1-3H3. The molecule has 0 aliphatic heterocycles. The molecule has 0 fully saturated rings. The third-order valence-electron chi connectivity index (χ3n) is 3.89. The molecule has 26 heavy (non-hydrogen) atoms. The molecular weight excluding hydrogens is 353 g/mol. The van der Waals surface area contributed by atoms with Gasteiger partial charge in [-0.2, -0.15) is 0 Å². The second-order valence-corrected chi connectivity index (χ2v) is 6.69. The van der Waals surface area contributed by atoms with Crippen molar-refractivity contribution in [3.05, 3.63) is 65.7 Å². The molecule has 0 bridgehead atoms. The van der Waals surface area contributed by atoms with E-state index in [4.69, 9.17) is 9.47 Å². The topological polar surface area (TPSA) is 49.2 Å². The second-order valence-electron chi connectivity index (χ2n) is 5.75. The average Bonchev–Trinajstić information content (AvgIpc) is 3.02. The monoisotopic (exact) mass is 373 g/mol. The number of hydrogen-bond acceptors (Lipinski definition) is 5. The maximum absolute atomic E-state index is 13.0. The molecule has 0 aliphatic rings. The highest BCUT2D eigenvalue weighted by molar-refractivity contribution is 7.98. The SMILES string of the molecule is COc1ccc(OC(C)c2nnc(SCc3ccc(F)cc3)n2C)cc1. The Bertz CT molecular complexity index is 850. The molecule has 1 heterocycles. The minimum Gasteiger partial charge on any atom is -0.497 e. The Labute approximate surface area is 156 Å². The minimum atomic E-state index is -0.249.